The van der Waals surface area contributed by atoms with Crippen molar-refractivity contribution in [2.45, 2.75) is 13.3 Å². The van der Waals surface area contributed by atoms with E-state index in [9.17, 15) is 4.79 Å². The number of halogens is 2. The number of ketones is 1. The first kappa shape index (κ1) is 14.3. The van der Waals surface area contributed by atoms with Gasteiger partial charge in [0.15, 0.2) is 5.78 Å². The van der Waals surface area contributed by atoms with Gasteiger partial charge in [0.1, 0.15) is 0 Å². The summed E-state index contributed by atoms with van der Waals surface area (Å²) >= 11 is 6.84. The van der Waals surface area contributed by atoms with Crippen LogP contribution in [0.2, 0.25) is 0 Å². The number of nitrogen functional groups attached to an aromatic ring is 1. The fourth-order valence-electron chi connectivity index (χ4n) is 1.88. The molecule has 0 radical (unpaired) electrons. The molecule has 0 aliphatic carbocycles. The molecule has 0 saturated carbocycles. The van der Waals surface area contributed by atoms with Gasteiger partial charge in [-0.25, -0.2) is 0 Å². The van der Waals surface area contributed by atoms with Crippen LogP contribution in [-0.4, -0.2) is 15.6 Å². The molecule has 0 saturated heterocycles. The lowest BCUT2D eigenvalue weighted by atomic mass is 10.1. The summed E-state index contributed by atoms with van der Waals surface area (Å²) < 4.78 is 3.35. The Morgan fingerprint density at radius 1 is 1.42 bits per heavy atom. The van der Waals surface area contributed by atoms with Crippen LogP contribution in [0.25, 0.3) is 0 Å². The maximum Gasteiger partial charge on any atom is 0.170 e. The van der Waals surface area contributed by atoms with Crippen molar-refractivity contribution in [3.05, 3.63) is 44.1 Å². The van der Waals surface area contributed by atoms with E-state index in [4.69, 9.17) is 5.73 Å². The summed E-state index contributed by atoms with van der Waals surface area (Å²) in [5.41, 5.74) is 8.62. The first-order chi connectivity index (χ1) is 8.90. The van der Waals surface area contributed by atoms with Gasteiger partial charge in [-0.15, -0.1) is 0 Å². The predicted molar refractivity (Wildman–Crippen MR) is 82.2 cm³/mol. The minimum atomic E-state index is 0.00266. The molecule has 19 heavy (non-hydrogen) atoms. The number of anilines is 1. The molecular formula is C13H13Br2N3O. The van der Waals surface area contributed by atoms with Crippen molar-refractivity contribution in [1.29, 1.82) is 0 Å². The Hall–Kier alpha value is -1.14. The van der Waals surface area contributed by atoms with Crippen LogP contribution in [0, 0.1) is 6.92 Å². The number of hydrogen-bond acceptors (Lipinski definition) is 3. The molecule has 0 fully saturated rings. The van der Waals surface area contributed by atoms with E-state index in [1.54, 1.807) is 22.9 Å². The van der Waals surface area contributed by atoms with Gasteiger partial charge < -0.3 is 5.73 Å². The Bertz CT molecular complexity index is 650. The molecule has 1 aromatic carbocycles. The van der Waals surface area contributed by atoms with Gasteiger partial charge in [-0.3, -0.25) is 9.48 Å². The molecule has 2 aromatic rings. The van der Waals surface area contributed by atoms with Gasteiger partial charge in [0.05, 0.1) is 22.3 Å². The average molecular weight is 387 g/mol. The molecule has 0 unspecified atom stereocenters. The SMILES string of the molecule is Cc1nn(C)c(CC(=O)c2cc(N)ccc2Br)c1Br. The zero-order valence-electron chi connectivity index (χ0n) is 10.6. The number of nitrogens with zero attached hydrogens (tertiary/aromatic N) is 2. The Kier molecular flexibility index (Phi) is 4.10. The van der Waals surface area contributed by atoms with Crippen molar-refractivity contribution < 1.29 is 4.79 Å². The molecule has 0 spiro atoms. The van der Waals surface area contributed by atoms with E-state index in [2.05, 4.69) is 37.0 Å². The van der Waals surface area contributed by atoms with E-state index in [-0.39, 0.29) is 12.2 Å². The molecule has 1 heterocycles. The first-order valence-corrected chi connectivity index (χ1v) is 7.25. The molecule has 0 atom stereocenters. The van der Waals surface area contributed by atoms with E-state index < -0.39 is 0 Å². The summed E-state index contributed by atoms with van der Waals surface area (Å²) in [6.45, 7) is 1.90. The highest BCUT2D eigenvalue weighted by molar-refractivity contribution is 9.10. The monoisotopic (exact) mass is 385 g/mol. The highest BCUT2D eigenvalue weighted by atomic mass is 79.9. The minimum absolute atomic E-state index is 0.00266. The van der Waals surface area contributed by atoms with Crippen LogP contribution in [0.1, 0.15) is 21.7 Å². The Labute approximate surface area is 128 Å². The summed E-state index contributed by atoms with van der Waals surface area (Å²) in [4.78, 5) is 12.4. The third-order valence-corrected chi connectivity index (χ3v) is 4.60. The fourth-order valence-corrected chi connectivity index (χ4v) is 2.82. The second kappa shape index (κ2) is 5.46. The summed E-state index contributed by atoms with van der Waals surface area (Å²) in [6.07, 6.45) is 0.278. The largest absolute Gasteiger partial charge is 0.399 e. The molecule has 4 nitrogen and oxygen atoms in total. The van der Waals surface area contributed by atoms with E-state index in [1.807, 2.05) is 14.0 Å². The van der Waals surface area contributed by atoms with Crippen molar-refractivity contribution in [3.8, 4) is 0 Å². The van der Waals surface area contributed by atoms with Gasteiger partial charge in [0.25, 0.3) is 0 Å². The molecular weight excluding hydrogens is 374 g/mol. The Morgan fingerprint density at radius 2 is 2.11 bits per heavy atom. The molecule has 0 bridgehead atoms. The topological polar surface area (TPSA) is 60.9 Å². The van der Waals surface area contributed by atoms with E-state index >= 15 is 0 Å². The zero-order chi connectivity index (χ0) is 14.2. The Morgan fingerprint density at radius 3 is 2.68 bits per heavy atom. The van der Waals surface area contributed by atoms with Crippen molar-refractivity contribution in [3.63, 3.8) is 0 Å². The van der Waals surface area contributed by atoms with Crippen LogP contribution in [0.4, 0.5) is 5.69 Å². The maximum absolute atomic E-state index is 12.4. The van der Waals surface area contributed by atoms with Gasteiger partial charge in [0, 0.05) is 22.8 Å². The lowest BCUT2D eigenvalue weighted by Gasteiger charge is -2.06. The van der Waals surface area contributed by atoms with E-state index in [0.29, 0.717) is 11.3 Å². The van der Waals surface area contributed by atoms with E-state index in [1.165, 1.54) is 0 Å². The summed E-state index contributed by atoms with van der Waals surface area (Å²) in [5, 5.41) is 4.28. The van der Waals surface area contributed by atoms with Gasteiger partial charge in [-0.05, 0) is 41.1 Å². The lowest BCUT2D eigenvalue weighted by Crippen LogP contribution is -2.09. The molecule has 6 heteroatoms. The van der Waals surface area contributed by atoms with Gasteiger partial charge in [-0.2, -0.15) is 5.10 Å². The van der Waals surface area contributed by atoms with Crippen molar-refractivity contribution >= 4 is 43.3 Å². The number of carbonyl (C=O) groups is 1. The normalized spacial score (nSPS) is 10.7. The smallest absolute Gasteiger partial charge is 0.170 e. The molecule has 2 rings (SSSR count). The van der Waals surface area contributed by atoms with E-state index in [0.717, 1.165) is 20.3 Å². The van der Waals surface area contributed by atoms with Crippen LogP contribution in [0.15, 0.2) is 27.1 Å². The number of hydrogen-bond donors (Lipinski definition) is 1. The number of rotatable bonds is 3. The minimum Gasteiger partial charge on any atom is -0.399 e. The Balaban J connectivity index is 2.33. The van der Waals surface area contributed by atoms with Crippen LogP contribution in [0.5, 0.6) is 0 Å². The number of aryl methyl sites for hydroxylation is 2. The summed E-state index contributed by atoms with van der Waals surface area (Å²) in [6, 6.07) is 5.22. The van der Waals surface area contributed by atoms with Crippen LogP contribution in [0.3, 0.4) is 0 Å². The number of aromatic nitrogens is 2. The van der Waals surface area contributed by atoms with Crippen LogP contribution < -0.4 is 5.73 Å². The standard InChI is InChI=1S/C13H13Br2N3O/c1-7-13(15)11(18(2)17-7)6-12(19)9-5-8(16)3-4-10(9)14/h3-5H,6,16H2,1-2H3. The second-order valence-electron chi connectivity index (χ2n) is 4.31. The maximum atomic E-state index is 12.4. The summed E-state index contributed by atoms with van der Waals surface area (Å²) in [7, 11) is 1.83. The average Bonchev–Trinajstić information content (AvgIpc) is 2.59. The second-order valence-corrected chi connectivity index (χ2v) is 5.96. The first-order valence-electron chi connectivity index (χ1n) is 5.66. The lowest BCUT2D eigenvalue weighted by molar-refractivity contribution is 0.0990. The fraction of sp³-hybridized carbons (Fsp3) is 0.231. The third kappa shape index (κ3) is 2.90. The number of nitrogens with two attached hydrogens (primary N) is 1. The summed E-state index contributed by atoms with van der Waals surface area (Å²) in [5.74, 6) is 0.00266. The molecule has 0 aliphatic heterocycles. The van der Waals surface area contributed by atoms with Gasteiger partial charge in [0.2, 0.25) is 0 Å². The highest BCUT2D eigenvalue weighted by Crippen LogP contribution is 2.25. The van der Waals surface area contributed by atoms with Gasteiger partial charge >= 0.3 is 0 Å². The third-order valence-electron chi connectivity index (χ3n) is 2.88. The molecule has 2 N–H and O–H groups in total. The molecule has 1 aromatic heterocycles. The van der Waals surface area contributed by atoms with Crippen molar-refractivity contribution in [1.82, 2.24) is 9.78 Å². The highest BCUT2D eigenvalue weighted by Gasteiger charge is 2.17. The molecule has 100 valence electrons. The predicted octanol–water partition coefficient (Wildman–Crippen LogP) is 3.26. The van der Waals surface area contributed by atoms with Crippen molar-refractivity contribution in [2.24, 2.45) is 7.05 Å². The number of Topliss-reactive ketones (excluding diaryl/α,β-unsaturated/α-hetero) is 1. The molecule has 0 amide bonds. The van der Waals surface area contributed by atoms with Crippen LogP contribution in [-0.2, 0) is 13.5 Å². The van der Waals surface area contributed by atoms with Crippen LogP contribution >= 0.6 is 31.9 Å². The van der Waals surface area contributed by atoms with Gasteiger partial charge in [-0.1, -0.05) is 15.9 Å². The zero-order valence-corrected chi connectivity index (χ0v) is 13.7. The van der Waals surface area contributed by atoms with Crippen molar-refractivity contribution in [2.75, 3.05) is 5.73 Å². The number of benzene rings is 1. The molecule has 0 aliphatic rings. The quantitative estimate of drug-likeness (QED) is 0.650. The number of carbonyl (C=O) groups excluding carboxylic acids is 1.